The van der Waals surface area contributed by atoms with Crippen LogP contribution in [0.4, 0.5) is 22.9 Å². The molecule has 0 spiro atoms. The molecule has 0 fully saturated rings. The van der Waals surface area contributed by atoms with Gasteiger partial charge in [0.05, 0.1) is 31.3 Å². The second kappa shape index (κ2) is 8.91. The number of anilines is 4. The first-order valence-corrected chi connectivity index (χ1v) is 9.19. The molecule has 0 bridgehead atoms. The molecule has 146 valence electrons. The van der Waals surface area contributed by atoms with Crippen LogP contribution >= 0.6 is 23.2 Å². The van der Waals surface area contributed by atoms with Gasteiger partial charge >= 0.3 is 0 Å². The van der Waals surface area contributed by atoms with Gasteiger partial charge in [0.15, 0.2) is 0 Å². The fourth-order valence-corrected chi connectivity index (χ4v) is 3.22. The second-order valence-electron chi connectivity index (χ2n) is 5.90. The topological polar surface area (TPSA) is 81.4 Å². The van der Waals surface area contributed by atoms with E-state index >= 15 is 0 Å². The van der Waals surface area contributed by atoms with E-state index in [1.807, 2.05) is 36.4 Å². The van der Waals surface area contributed by atoms with Crippen molar-refractivity contribution in [3.05, 3.63) is 64.3 Å². The molecule has 2 aromatic carbocycles. The van der Waals surface area contributed by atoms with Crippen LogP contribution in [0.1, 0.15) is 5.56 Å². The number of ether oxygens (including phenoxy) is 2. The Kier molecular flexibility index (Phi) is 6.34. The average molecular weight is 419 g/mol. The zero-order valence-corrected chi connectivity index (χ0v) is 16.9. The monoisotopic (exact) mass is 418 g/mol. The summed E-state index contributed by atoms with van der Waals surface area (Å²) >= 11 is 12.7. The van der Waals surface area contributed by atoms with E-state index in [2.05, 4.69) is 15.6 Å². The Hall–Kier alpha value is -2.83. The minimum absolute atomic E-state index is 0.388. The first-order valence-electron chi connectivity index (χ1n) is 8.43. The average Bonchev–Trinajstić information content (AvgIpc) is 2.71. The van der Waals surface area contributed by atoms with Crippen LogP contribution in [-0.2, 0) is 6.54 Å². The van der Waals surface area contributed by atoms with Crippen molar-refractivity contribution in [1.29, 1.82) is 0 Å². The van der Waals surface area contributed by atoms with Gasteiger partial charge in [0.2, 0.25) is 0 Å². The highest BCUT2D eigenvalue weighted by Gasteiger charge is 2.17. The number of pyridine rings is 1. The fourth-order valence-electron chi connectivity index (χ4n) is 2.58. The SMILES string of the molecule is COc1cc(OC)c(Cl)c(NCc2ccc(Nc3ccccc3N)nc2)c1Cl. The van der Waals surface area contributed by atoms with E-state index < -0.39 is 0 Å². The van der Waals surface area contributed by atoms with E-state index in [1.165, 1.54) is 14.2 Å². The number of hydrogen-bond acceptors (Lipinski definition) is 6. The van der Waals surface area contributed by atoms with Crippen molar-refractivity contribution in [1.82, 2.24) is 4.98 Å². The molecular weight excluding hydrogens is 399 g/mol. The Morgan fingerprint density at radius 1 is 1.00 bits per heavy atom. The van der Waals surface area contributed by atoms with Gasteiger partial charge in [0.25, 0.3) is 0 Å². The van der Waals surface area contributed by atoms with Gasteiger partial charge in [0, 0.05) is 18.8 Å². The summed E-state index contributed by atoms with van der Waals surface area (Å²) < 4.78 is 10.6. The number of methoxy groups -OCH3 is 2. The third-order valence-corrected chi connectivity index (χ3v) is 4.84. The highest BCUT2D eigenvalue weighted by Crippen LogP contribution is 2.44. The highest BCUT2D eigenvalue weighted by atomic mass is 35.5. The zero-order chi connectivity index (χ0) is 20.1. The molecule has 1 aromatic heterocycles. The lowest BCUT2D eigenvalue weighted by Gasteiger charge is -2.16. The van der Waals surface area contributed by atoms with Gasteiger partial charge in [-0.2, -0.15) is 0 Å². The third-order valence-electron chi connectivity index (χ3n) is 4.09. The second-order valence-corrected chi connectivity index (χ2v) is 6.66. The summed E-state index contributed by atoms with van der Waals surface area (Å²) in [6, 6.07) is 13.0. The van der Waals surface area contributed by atoms with Gasteiger partial charge in [-0.3, -0.25) is 0 Å². The lowest BCUT2D eigenvalue weighted by molar-refractivity contribution is 0.395. The van der Waals surface area contributed by atoms with Crippen LogP contribution in [0.3, 0.4) is 0 Å². The Morgan fingerprint density at radius 2 is 1.68 bits per heavy atom. The summed E-state index contributed by atoms with van der Waals surface area (Å²) in [6.45, 7) is 0.469. The van der Waals surface area contributed by atoms with Crippen LogP contribution in [0.5, 0.6) is 11.5 Å². The molecule has 0 unspecified atom stereocenters. The highest BCUT2D eigenvalue weighted by molar-refractivity contribution is 6.41. The van der Waals surface area contributed by atoms with Crippen LogP contribution in [0, 0.1) is 0 Å². The number of aromatic nitrogens is 1. The summed E-state index contributed by atoms with van der Waals surface area (Å²) in [5, 5.41) is 7.19. The number of hydrogen-bond donors (Lipinski definition) is 3. The van der Waals surface area contributed by atoms with E-state index in [1.54, 1.807) is 12.3 Å². The number of nitrogens with two attached hydrogens (primary N) is 1. The number of nitrogens with one attached hydrogen (secondary N) is 2. The number of nitrogen functional groups attached to an aromatic ring is 1. The summed E-state index contributed by atoms with van der Waals surface area (Å²) in [5.41, 5.74) is 8.89. The van der Waals surface area contributed by atoms with Crippen molar-refractivity contribution in [2.24, 2.45) is 0 Å². The van der Waals surface area contributed by atoms with Crippen molar-refractivity contribution in [2.45, 2.75) is 6.54 Å². The van der Waals surface area contributed by atoms with Crippen molar-refractivity contribution in [3.8, 4) is 11.5 Å². The standard InChI is InChI=1S/C20H20Cl2N4O2/c1-27-15-9-16(28-2)19(22)20(18(15)21)25-11-12-7-8-17(24-10-12)26-14-6-4-3-5-13(14)23/h3-10,25H,11,23H2,1-2H3,(H,24,26). The molecule has 6 nitrogen and oxygen atoms in total. The number of rotatable bonds is 7. The molecule has 8 heteroatoms. The van der Waals surface area contributed by atoms with Crippen LogP contribution < -0.4 is 25.8 Å². The molecule has 3 rings (SSSR count). The van der Waals surface area contributed by atoms with Crippen LogP contribution in [0.15, 0.2) is 48.7 Å². The van der Waals surface area contributed by atoms with E-state index in [9.17, 15) is 0 Å². The Labute approximate surface area is 173 Å². The lowest BCUT2D eigenvalue weighted by Crippen LogP contribution is -2.04. The minimum atomic E-state index is 0.388. The quantitative estimate of drug-likeness (QED) is 0.449. The third kappa shape index (κ3) is 4.35. The summed E-state index contributed by atoms with van der Waals surface area (Å²) in [6.07, 6.45) is 1.76. The lowest BCUT2D eigenvalue weighted by atomic mass is 10.2. The van der Waals surface area contributed by atoms with Gasteiger partial charge in [-0.15, -0.1) is 0 Å². The van der Waals surface area contributed by atoms with Gasteiger partial charge in [-0.1, -0.05) is 41.4 Å². The molecule has 0 saturated carbocycles. The van der Waals surface area contributed by atoms with Gasteiger partial charge in [-0.05, 0) is 23.8 Å². The maximum Gasteiger partial charge on any atom is 0.143 e. The Balaban J connectivity index is 1.73. The molecule has 0 amide bonds. The van der Waals surface area contributed by atoms with Gasteiger partial charge in [0.1, 0.15) is 27.4 Å². The fraction of sp³-hybridized carbons (Fsp3) is 0.150. The molecule has 0 radical (unpaired) electrons. The summed E-state index contributed by atoms with van der Waals surface area (Å²) in [4.78, 5) is 4.42. The Morgan fingerprint density at radius 3 is 2.25 bits per heavy atom. The summed E-state index contributed by atoms with van der Waals surface area (Å²) in [5.74, 6) is 1.65. The maximum absolute atomic E-state index is 6.37. The molecule has 0 saturated heterocycles. The van der Waals surface area contributed by atoms with Crippen LogP contribution in [0.2, 0.25) is 10.0 Å². The predicted molar refractivity (Wildman–Crippen MR) is 115 cm³/mol. The number of nitrogens with zero attached hydrogens (tertiary/aromatic N) is 1. The molecule has 3 aromatic rings. The molecular formula is C20H20Cl2N4O2. The smallest absolute Gasteiger partial charge is 0.143 e. The number of halogens is 2. The van der Waals surface area contributed by atoms with Crippen LogP contribution in [0.25, 0.3) is 0 Å². The number of para-hydroxylation sites is 2. The largest absolute Gasteiger partial charge is 0.495 e. The van der Waals surface area contributed by atoms with E-state index in [0.29, 0.717) is 45.3 Å². The first kappa shape index (κ1) is 19.9. The molecule has 0 aliphatic carbocycles. The van der Waals surface area contributed by atoms with Crippen molar-refractivity contribution < 1.29 is 9.47 Å². The summed E-state index contributed by atoms with van der Waals surface area (Å²) in [7, 11) is 3.07. The predicted octanol–water partition coefficient (Wildman–Crippen LogP) is 5.34. The zero-order valence-electron chi connectivity index (χ0n) is 15.4. The van der Waals surface area contributed by atoms with Crippen molar-refractivity contribution in [2.75, 3.05) is 30.6 Å². The van der Waals surface area contributed by atoms with Gasteiger partial charge in [-0.25, -0.2) is 4.98 Å². The first-order chi connectivity index (χ1) is 13.5. The number of benzene rings is 2. The maximum atomic E-state index is 6.37. The molecule has 4 N–H and O–H groups in total. The van der Waals surface area contributed by atoms with Crippen molar-refractivity contribution in [3.63, 3.8) is 0 Å². The van der Waals surface area contributed by atoms with Crippen LogP contribution in [-0.4, -0.2) is 19.2 Å². The van der Waals surface area contributed by atoms with E-state index in [0.717, 1.165) is 11.3 Å². The minimum Gasteiger partial charge on any atom is -0.495 e. The van der Waals surface area contributed by atoms with E-state index in [4.69, 9.17) is 38.4 Å². The molecule has 0 aliphatic rings. The van der Waals surface area contributed by atoms with E-state index in [-0.39, 0.29) is 0 Å². The Bertz CT molecular complexity index is 937. The normalized spacial score (nSPS) is 10.4. The molecule has 1 heterocycles. The molecule has 0 aliphatic heterocycles. The molecule has 28 heavy (non-hydrogen) atoms. The van der Waals surface area contributed by atoms with Crippen molar-refractivity contribution >= 4 is 46.1 Å². The van der Waals surface area contributed by atoms with Gasteiger partial charge < -0.3 is 25.8 Å². The molecule has 0 atom stereocenters.